The number of hydrogen-bond acceptors (Lipinski definition) is 6. The summed E-state index contributed by atoms with van der Waals surface area (Å²) in [5.41, 5.74) is 4.86. The second kappa shape index (κ2) is 7.94. The van der Waals surface area contributed by atoms with Crippen LogP contribution < -0.4 is 5.73 Å². The number of halogens is 1. The van der Waals surface area contributed by atoms with Gasteiger partial charge >= 0.3 is 6.09 Å². The highest BCUT2D eigenvalue weighted by atomic mass is 19.1. The fourth-order valence-corrected chi connectivity index (χ4v) is 3.28. The SMILES string of the molecule is CC(C)(C)OC(=O)N1CC(C#Cc2c(N)cncc2F)OC2(CCOCC2)C1. The fraction of sp³-hybridized carbons (Fsp3) is 0.600. The van der Waals surface area contributed by atoms with Gasteiger partial charge in [-0.25, -0.2) is 9.18 Å². The molecule has 0 bridgehead atoms. The highest BCUT2D eigenvalue weighted by Crippen LogP contribution is 2.32. The normalized spacial score (nSPS) is 21.7. The number of ether oxygens (including phenoxy) is 3. The number of nitrogens with two attached hydrogens (primary N) is 1. The summed E-state index contributed by atoms with van der Waals surface area (Å²) < 4.78 is 31.2. The van der Waals surface area contributed by atoms with Gasteiger partial charge in [-0.05, 0) is 20.8 Å². The number of carbonyl (C=O) groups is 1. The molecule has 0 aliphatic carbocycles. The van der Waals surface area contributed by atoms with Gasteiger partial charge in [-0.15, -0.1) is 0 Å². The van der Waals surface area contributed by atoms with Gasteiger partial charge in [-0.2, -0.15) is 0 Å². The summed E-state index contributed by atoms with van der Waals surface area (Å²) in [5, 5.41) is 0. The maximum Gasteiger partial charge on any atom is 0.410 e. The molecule has 1 atom stereocenters. The lowest BCUT2D eigenvalue weighted by molar-refractivity contribution is -0.170. The zero-order chi connectivity index (χ0) is 20.4. The minimum absolute atomic E-state index is 0.0778. The summed E-state index contributed by atoms with van der Waals surface area (Å²) in [5.74, 6) is 5.09. The third-order valence-electron chi connectivity index (χ3n) is 4.60. The number of pyridine rings is 1. The van der Waals surface area contributed by atoms with E-state index in [2.05, 4.69) is 16.8 Å². The summed E-state index contributed by atoms with van der Waals surface area (Å²) in [6.45, 7) is 7.21. The molecule has 152 valence electrons. The van der Waals surface area contributed by atoms with Crippen molar-refractivity contribution in [1.82, 2.24) is 9.88 Å². The number of hydrogen-bond donors (Lipinski definition) is 1. The number of rotatable bonds is 0. The Balaban J connectivity index is 1.84. The molecular formula is C20H26FN3O4. The van der Waals surface area contributed by atoms with Gasteiger partial charge in [0.1, 0.15) is 11.7 Å². The van der Waals surface area contributed by atoms with Crippen molar-refractivity contribution in [3.63, 3.8) is 0 Å². The average molecular weight is 391 g/mol. The number of amides is 1. The van der Waals surface area contributed by atoms with Gasteiger partial charge in [0.05, 0.1) is 42.3 Å². The van der Waals surface area contributed by atoms with Gasteiger partial charge in [-0.3, -0.25) is 4.98 Å². The molecule has 1 amide bonds. The Morgan fingerprint density at radius 2 is 2.11 bits per heavy atom. The van der Waals surface area contributed by atoms with Crippen molar-refractivity contribution < 1.29 is 23.4 Å². The van der Waals surface area contributed by atoms with Gasteiger partial charge in [0, 0.05) is 26.1 Å². The van der Waals surface area contributed by atoms with Crippen molar-refractivity contribution in [2.75, 3.05) is 32.0 Å². The van der Waals surface area contributed by atoms with Crippen molar-refractivity contribution in [2.45, 2.75) is 50.9 Å². The Morgan fingerprint density at radius 1 is 1.39 bits per heavy atom. The smallest absolute Gasteiger partial charge is 0.410 e. The lowest BCUT2D eigenvalue weighted by Crippen LogP contribution is -2.59. The summed E-state index contributed by atoms with van der Waals surface area (Å²) in [6.07, 6.45) is 2.71. The molecule has 1 unspecified atom stereocenters. The molecule has 1 aromatic heterocycles. The third-order valence-corrected chi connectivity index (χ3v) is 4.60. The highest BCUT2D eigenvalue weighted by molar-refractivity contribution is 5.68. The van der Waals surface area contributed by atoms with Crippen molar-refractivity contribution in [2.24, 2.45) is 0 Å². The summed E-state index contributed by atoms with van der Waals surface area (Å²) in [7, 11) is 0. The molecule has 28 heavy (non-hydrogen) atoms. The lowest BCUT2D eigenvalue weighted by atomic mass is 9.91. The van der Waals surface area contributed by atoms with Crippen LogP contribution in [0, 0.1) is 17.7 Å². The van der Waals surface area contributed by atoms with Gasteiger partial charge in [0.25, 0.3) is 0 Å². The second-order valence-corrected chi connectivity index (χ2v) is 8.12. The zero-order valence-electron chi connectivity index (χ0n) is 16.5. The molecule has 0 radical (unpaired) electrons. The van der Waals surface area contributed by atoms with Gasteiger partial charge < -0.3 is 24.8 Å². The first kappa shape index (κ1) is 20.4. The predicted molar refractivity (Wildman–Crippen MR) is 101 cm³/mol. The van der Waals surface area contributed by atoms with Crippen LogP contribution in [0.1, 0.15) is 39.2 Å². The number of nitrogens with zero attached hydrogens (tertiary/aromatic N) is 2. The first-order valence-corrected chi connectivity index (χ1v) is 9.31. The highest BCUT2D eigenvalue weighted by Gasteiger charge is 2.44. The van der Waals surface area contributed by atoms with Crippen molar-refractivity contribution >= 4 is 11.8 Å². The minimum atomic E-state index is -0.603. The number of anilines is 1. The summed E-state index contributed by atoms with van der Waals surface area (Å²) in [6, 6.07) is 0. The molecular weight excluding hydrogens is 365 g/mol. The standard InChI is InChI=1S/C20H26FN3O4/c1-19(2,3)28-18(25)24-12-14(27-20(13-24)6-8-26-9-7-20)4-5-15-16(21)10-23-11-17(15)22/h10-11,14H,6-9,12-13,22H2,1-3H3. The van der Waals surface area contributed by atoms with Crippen LogP contribution in [0.25, 0.3) is 0 Å². The van der Waals surface area contributed by atoms with E-state index in [-0.39, 0.29) is 17.8 Å². The van der Waals surface area contributed by atoms with Crippen LogP contribution in [0.4, 0.5) is 14.9 Å². The molecule has 2 saturated heterocycles. The van der Waals surface area contributed by atoms with Crippen molar-refractivity contribution in [3.8, 4) is 11.8 Å². The Morgan fingerprint density at radius 3 is 2.75 bits per heavy atom. The maximum atomic E-state index is 14.0. The second-order valence-electron chi connectivity index (χ2n) is 8.12. The number of aromatic nitrogens is 1. The maximum absolute atomic E-state index is 14.0. The van der Waals surface area contributed by atoms with E-state index in [1.165, 1.54) is 6.20 Å². The molecule has 0 aromatic carbocycles. The van der Waals surface area contributed by atoms with Gasteiger partial charge in [0.15, 0.2) is 5.82 Å². The molecule has 1 aromatic rings. The molecule has 3 heterocycles. The molecule has 3 rings (SSSR count). The van der Waals surface area contributed by atoms with E-state index in [0.29, 0.717) is 32.6 Å². The molecule has 2 aliphatic rings. The van der Waals surface area contributed by atoms with E-state index in [1.54, 1.807) is 4.90 Å². The molecule has 8 heteroatoms. The van der Waals surface area contributed by atoms with Crippen LogP contribution in [-0.2, 0) is 14.2 Å². The first-order valence-electron chi connectivity index (χ1n) is 9.31. The summed E-state index contributed by atoms with van der Waals surface area (Å²) in [4.78, 5) is 18.0. The average Bonchev–Trinajstić information content (AvgIpc) is 2.60. The number of nitrogen functional groups attached to an aromatic ring is 1. The van der Waals surface area contributed by atoms with Gasteiger partial charge in [-0.1, -0.05) is 11.8 Å². The minimum Gasteiger partial charge on any atom is -0.444 e. The summed E-state index contributed by atoms with van der Waals surface area (Å²) >= 11 is 0. The van der Waals surface area contributed by atoms with E-state index >= 15 is 0 Å². The molecule has 0 saturated carbocycles. The molecule has 1 spiro atoms. The topological polar surface area (TPSA) is 86.9 Å². The van der Waals surface area contributed by atoms with Gasteiger partial charge in [0.2, 0.25) is 0 Å². The van der Waals surface area contributed by atoms with Crippen LogP contribution in [0.15, 0.2) is 12.4 Å². The third kappa shape index (κ3) is 4.91. The fourth-order valence-electron chi connectivity index (χ4n) is 3.28. The molecule has 2 fully saturated rings. The lowest BCUT2D eigenvalue weighted by Gasteiger charge is -2.46. The quantitative estimate of drug-likeness (QED) is 0.683. The van der Waals surface area contributed by atoms with E-state index in [1.807, 2.05) is 20.8 Å². The van der Waals surface area contributed by atoms with E-state index in [4.69, 9.17) is 19.9 Å². The van der Waals surface area contributed by atoms with Crippen LogP contribution >= 0.6 is 0 Å². The Bertz CT molecular complexity index is 771. The molecule has 2 N–H and O–H groups in total. The van der Waals surface area contributed by atoms with E-state index in [9.17, 15) is 9.18 Å². The van der Waals surface area contributed by atoms with E-state index in [0.717, 1.165) is 6.20 Å². The number of carbonyl (C=O) groups excluding carboxylic acids is 1. The van der Waals surface area contributed by atoms with Crippen LogP contribution in [-0.4, -0.2) is 59.6 Å². The Labute approximate surface area is 164 Å². The zero-order valence-corrected chi connectivity index (χ0v) is 16.5. The number of morpholine rings is 1. The van der Waals surface area contributed by atoms with Crippen LogP contribution in [0.5, 0.6) is 0 Å². The Kier molecular flexibility index (Phi) is 5.77. The Hall–Kier alpha value is -2.37. The predicted octanol–water partition coefficient (Wildman–Crippen LogP) is 2.34. The first-order chi connectivity index (χ1) is 13.2. The van der Waals surface area contributed by atoms with Crippen molar-refractivity contribution in [1.29, 1.82) is 0 Å². The van der Waals surface area contributed by atoms with E-state index < -0.39 is 29.2 Å². The molecule has 2 aliphatic heterocycles. The molecule has 7 nitrogen and oxygen atoms in total. The monoisotopic (exact) mass is 391 g/mol. The van der Waals surface area contributed by atoms with Crippen molar-refractivity contribution in [3.05, 3.63) is 23.8 Å². The van der Waals surface area contributed by atoms with Crippen LogP contribution in [0.2, 0.25) is 0 Å². The van der Waals surface area contributed by atoms with Crippen LogP contribution in [0.3, 0.4) is 0 Å². The largest absolute Gasteiger partial charge is 0.444 e.